The molecule has 3 aliphatic heterocycles. The van der Waals surface area contributed by atoms with Crippen LogP contribution in [0.2, 0.25) is 0 Å². The van der Waals surface area contributed by atoms with Crippen molar-refractivity contribution in [3.63, 3.8) is 0 Å². The largest absolute Gasteiger partial charge is 0.790 e. The Balaban J connectivity index is 0.00000675. The van der Waals surface area contributed by atoms with Crippen molar-refractivity contribution in [1.82, 2.24) is 0 Å². The molecular formula is C20H34B6O14P3W-2. The molecule has 0 aromatic heterocycles. The molecule has 14 atom stereocenters. The number of hydrogen-bond acceptors (Lipinski definition) is 14. The van der Waals surface area contributed by atoms with Crippen LogP contribution < -0.4 is 9.79 Å². The molecule has 24 heteroatoms. The van der Waals surface area contributed by atoms with Crippen LogP contribution in [0.5, 0.6) is 0 Å². The third-order valence-electron chi connectivity index (χ3n) is 7.78. The smallest absolute Gasteiger partial charge is 0.328 e. The molecule has 3 rings (SSSR count). The van der Waals surface area contributed by atoms with E-state index >= 15 is 0 Å². The quantitative estimate of drug-likeness (QED) is 0.142. The van der Waals surface area contributed by atoms with Gasteiger partial charge in [-0.3, -0.25) is 9.13 Å². The third kappa shape index (κ3) is 11.2. The summed E-state index contributed by atoms with van der Waals surface area (Å²) in [5.74, 6) is -1.37. The molecule has 0 amide bonds. The van der Waals surface area contributed by atoms with E-state index in [-0.39, 0.29) is 40.2 Å². The summed E-state index contributed by atoms with van der Waals surface area (Å²) in [6, 6.07) is -2.17. The molecule has 14 unspecified atom stereocenters. The average molecular weight is 840 g/mol. The first-order valence-corrected chi connectivity index (χ1v) is 19.1. The van der Waals surface area contributed by atoms with Crippen molar-refractivity contribution >= 4 is 67.7 Å². The van der Waals surface area contributed by atoms with Crippen LogP contribution in [0.25, 0.3) is 0 Å². The van der Waals surface area contributed by atoms with Crippen molar-refractivity contribution in [1.29, 1.82) is 0 Å². The maximum absolute atomic E-state index is 13.4. The van der Waals surface area contributed by atoms with Crippen LogP contribution in [0, 0.1) is 17.8 Å². The minimum Gasteiger partial charge on any atom is -0.790 e. The van der Waals surface area contributed by atoms with E-state index in [1.165, 1.54) is 20.5 Å². The first kappa shape index (κ1) is 41.5. The van der Waals surface area contributed by atoms with Gasteiger partial charge in [0, 0.05) is 93.4 Å². The molecule has 0 bridgehead atoms. The zero-order valence-electron chi connectivity index (χ0n) is 25.0. The third-order valence-corrected chi connectivity index (χ3v) is 10.7. The fourth-order valence-corrected chi connectivity index (χ4v) is 8.10. The number of ether oxygens (including phenoxy) is 3. The van der Waals surface area contributed by atoms with E-state index in [0.29, 0.717) is 0 Å². The van der Waals surface area contributed by atoms with E-state index in [2.05, 4.69) is 4.52 Å². The number of aliphatic hydroxyl groups is 1. The standard InChI is InChI=1S/C20H36B6O14P3.W/c1-9-15(27)12(36-18(9)21)6-33-41(4,28)39-16-10(2)19(25-22)37-13(16)7-34-42(5,29)40-17-11(3)20(26(23)24)38-14(17)8-35-43(30,31)32;/h9-20,27H,6-8H2,1-5H3,(H2,30,31,32);/p-2. The van der Waals surface area contributed by atoms with Gasteiger partial charge >= 0.3 is 15.2 Å². The summed E-state index contributed by atoms with van der Waals surface area (Å²) in [5, 5.41) is 10.3. The Morgan fingerprint density at radius 1 is 0.818 bits per heavy atom. The Bertz CT molecular complexity index is 1080. The Morgan fingerprint density at radius 2 is 1.30 bits per heavy atom. The second-order valence-corrected chi connectivity index (χ2v) is 16.4. The molecule has 1 N–H and O–H groups in total. The fourth-order valence-electron chi connectivity index (χ4n) is 5.28. The number of phosphoric acid groups is 1. The number of rotatable bonds is 15. The summed E-state index contributed by atoms with van der Waals surface area (Å²) in [6.07, 6.45) is -5.76. The van der Waals surface area contributed by atoms with Gasteiger partial charge in [0.25, 0.3) is 0 Å². The zero-order chi connectivity index (χ0) is 32.5. The Morgan fingerprint density at radius 3 is 1.75 bits per heavy atom. The molecule has 3 saturated heterocycles. The topological polar surface area (TPSA) is 191 Å². The van der Waals surface area contributed by atoms with E-state index in [4.69, 9.17) is 63.4 Å². The SMILES string of the molecule is [B][B]C1OC(COP(C)(=O)OC2C(COP(=O)([O-])[O-])OC(B([B])[B])C2C)C(OP(C)(=O)OCC2OC([B])C(C)C2O)C1C.[W]. The minimum atomic E-state index is -5.35. The molecule has 0 aromatic rings. The molecule has 3 heterocycles. The average Bonchev–Trinajstić information content (AvgIpc) is 3.46. The summed E-state index contributed by atoms with van der Waals surface area (Å²) in [7, 11) is 11.3. The predicted octanol–water partition coefficient (Wildman–Crippen LogP) is -1.91. The number of phosphoric ester groups is 1. The molecule has 0 spiro atoms. The first-order valence-electron chi connectivity index (χ1n) is 13.7. The Kier molecular flexibility index (Phi) is 15.9. The second kappa shape index (κ2) is 16.8. The van der Waals surface area contributed by atoms with Crippen LogP contribution in [0.4, 0.5) is 0 Å². The van der Waals surface area contributed by atoms with Gasteiger partial charge in [-0.2, -0.15) is 0 Å². The van der Waals surface area contributed by atoms with Crippen molar-refractivity contribution in [2.75, 3.05) is 33.2 Å². The van der Waals surface area contributed by atoms with Gasteiger partial charge in [-0.05, 0) is 0 Å². The van der Waals surface area contributed by atoms with Gasteiger partial charge in [0.15, 0.2) is 0 Å². The zero-order valence-corrected chi connectivity index (χ0v) is 30.6. The maximum atomic E-state index is 13.4. The van der Waals surface area contributed by atoms with Crippen LogP contribution in [0.3, 0.4) is 0 Å². The summed E-state index contributed by atoms with van der Waals surface area (Å²) >= 11 is 0. The van der Waals surface area contributed by atoms with Gasteiger partial charge in [-0.1, -0.05) is 20.8 Å². The predicted molar refractivity (Wildman–Crippen MR) is 156 cm³/mol. The van der Waals surface area contributed by atoms with Crippen molar-refractivity contribution in [2.24, 2.45) is 17.8 Å². The summed E-state index contributed by atoms with van der Waals surface area (Å²) in [6.45, 7) is 5.21. The van der Waals surface area contributed by atoms with Gasteiger partial charge in [-0.25, -0.2) is 0 Å². The molecule has 3 fully saturated rings. The molecule has 3 aliphatic rings. The van der Waals surface area contributed by atoms with Crippen LogP contribution in [0.1, 0.15) is 20.8 Å². The van der Waals surface area contributed by atoms with Crippen molar-refractivity contribution < 1.29 is 86.5 Å². The number of aliphatic hydroxyl groups excluding tert-OH is 1. The summed E-state index contributed by atoms with van der Waals surface area (Å²) in [5.41, 5.74) is 0. The molecule has 0 aliphatic carbocycles. The van der Waals surface area contributed by atoms with E-state index in [9.17, 15) is 28.6 Å². The van der Waals surface area contributed by atoms with Gasteiger partial charge in [0.2, 0.25) is 0 Å². The molecular weight excluding hydrogens is 806 g/mol. The van der Waals surface area contributed by atoms with Crippen molar-refractivity contribution in [3.8, 4) is 0 Å². The molecule has 14 nitrogen and oxygen atoms in total. The first-order chi connectivity index (χ1) is 19.7. The molecule has 9 radical (unpaired) electrons. The summed E-state index contributed by atoms with van der Waals surface area (Å²) < 4.78 is 81.8. The Hall–Kier alpha value is 1.33. The van der Waals surface area contributed by atoms with E-state index in [1.807, 2.05) is 0 Å². The van der Waals surface area contributed by atoms with Crippen LogP contribution in [0.15, 0.2) is 0 Å². The molecule has 0 aromatic carbocycles. The number of hydrogen-bond donors (Lipinski definition) is 1. The molecule has 0 saturated carbocycles. The summed E-state index contributed by atoms with van der Waals surface area (Å²) in [4.78, 5) is 22.0. The van der Waals surface area contributed by atoms with Crippen molar-refractivity contribution in [2.45, 2.75) is 75.4 Å². The molecule has 44 heavy (non-hydrogen) atoms. The van der Waals surface area contributed by atoms with Crippen molar-refractivity contribution in [3.05, 3.63) is 0 Å². The van der Waals surface area contributed by atoms with E-state index < -0.39 is 103 Å². The van der Waals surface area contributed by atoms with Crippen LogP contribution >= 0.6 is 23.0 Å². The van der Waals surface area contributed by atoms with Gasteiger partial charge in [0.05, 0.1) is 59.6 Å². The van der Waals surface area contributed by atoms with Gasteiger partial charge in [-0.15, -0.1) is 0 Å². The van der Waals surface area contributed by atoms with E-state index in [1.54, 1.807) is 20.8 Å². The van der Waals surface area contributed by atoms with Crippen LogP contribution in [-0.2, 0) is 71.6 Å². The maximum Gasteiger partial charge on any atom is 0.328 e. The van der Waals surface area contributed by atoms with Crippen LogP contribution in [-0.4, -0.2) is 138 Å². The van der Waals surface area contributed by atoms with Gasteiger partial charge < -0.3 is 56.3 Å². The minimum absolute atomic E-state index is 0. The fraction of sp³-hybridized carbons (Fsp3) is 1.00. The monoisotopic (exact) mass is 841 g/mol. The van der Waals surface area contributed by atoms with Gasteiger partial charge in [0.1, 0.15) is 26.2 Å². The Labute approximate surface area is 279 Å². The second-order valence-electron chi connectivity index (χ2n) is 11.3. The normalized spacial score (nSPS) is 40.2. The van der Waals surface area contributed by atoms with E-state index in [0.717, 1.165) is 0 Å². The molecule has 239 valence electrons.